The van der Waals surface area contributed by atoms with Crippen LogP contribution >= 0.6 is 0 Å². The molecule has 3 aliphatic rings. The molecule has 0 radical (unpaired) electrons. The highest BCUT2D eigenvalue weighted by Crippen LogP contribution is 2.42. The van der Waals surface area contributed by atoms with Gasteiger partial charge in [-0.1, -0.05) is 0 Å². The third-order valence-electron chi connectivity index (χ3n) is 10.4. The molecule has 3 aromatic heterocycles. The molecule has 2 saturated heterocycles. The van der Waals surface area contributed by atoms with E-state index in [1.165, 1.54) is 6.07 Å². The summed E-state index contributed by atoms with van der Waals surface area (Å²) in [5.41, 5.74) is 3.71. The van der Waals surface area contributed by atoms with Crippen molar-refractivity contribution >= 4 is 28.1 Å². The second-order valence-corrected chi connectivity index (χ2v) is 13.6. The van der Waals surface area contributed by atoms with Gasteiger partial charge in [-0.15, -0.1) is 0 Å². The van der Waals surface area contributed by atoms with Crippen molar-refractivity contribution in [2.45, 2.75) is 63.8 Å². The Morgan fingerprint density at radius 2 is 2.00 bits per heavy atom. The summed E-state index contributed by atoms with van der Waals surface area (Å²) in [6, 6.07) is 9.76. The van der Waals surface area contributed by atoms with E-state index in [4.69, 9.17) is 9.47 Å². The topological polar surface area (TPSA) is 100 Å². The van der Waals surface area contributed by atoms with E-state index < -0.39 is 5.82 Å². The van der Waals surface area contributed by atoms with Crippen LogP contribution < -0.4 is 35.3 Å². The maximum absolute atomic E-state index is 16.2. The van der Waals surface area contributed by atoms with E-state index in [1.807, 2.05) is 49.6 Å². The number of pyridine rings is 3. The average Bonchev–Trinajstić information content (AvgIpc) is 3.14. The van der Waals surface area contributed by atoms with Crippen LogP contribution in [-0.2, 0) is 13.1 Å². The second-order valence-electron chi connectivity index (χ2n) is 13.6. The number of aromatic nitrogens is 3. The number of benzene rings is 1. The first-order valence-corrected chi connectivity index (χ1v) is 17.4. The summed E-state index contributed by atoms with van der Waals surface area (Å²) in [5, 5.41) is 6.88. The summed E-state index contributed by atoms with van der Waals surface area (Å²) in [7, 11) is 5.41. The predicted molar refractivity (Wildman–Crippen MR) is 192 cm³/mol. The minimum Gasteiger partial charge on any atom is -0.487 e. The van der Waals surface area contributed by atoms with Gasteiger partial charge in [-0.3, -0.25) is 9.69 Å². The molecule has 2 N–H and O–H groups in total. The zero-order valence-electron chi connectivity index (χ0n) is 28.9. The number of hydrogen-bond donors (Lipinski definition) is 2. The van der Waals surface area contributed by atoms with E-state index in [-0.39, 0.29) is 23.6 Å². The molecule has 1 aromatic carbocycles. The zero-order valence-corrected chi connectivity index (χ0v) is 28.9. The molecule has 4 aromatic rings. The van der Waals surface area contributed by atoms with Gasteiger partial charge in [0, 0.05) is 82.9 Å². The molecule has 3 aliphatic heterocycles. The van der Waals surface area contributed by atoms with Gasteiger partial charge in [0.05, 0.1) is 35.9 Å². The van der Waals surface area contributed by atoms with Gasteiger partial charge in [0.2, 0.25) is 5.88 Å². The molecule has 11 nitrogen and oxygen atoms in total. The van der Waals surface area contributed by atoms with Gasteiger partial charge in [-0.2, -0.15) is 0 Å². The van der Waals surface area contributed by atoms with Crippen LogP contribution in [0, 0.1) is 5.82 Å². The van der Waals surface area contributed by atoms with Crippen molar-refractivity contribution in [2.24, 2.45) is 0 Å². The van der Waals surface area contributed by atoms with E-state index >= 15 is 4.39 Å². The average molecular weight is 671 g/mol. The number of hydrogen-bond acceptors (Lipinski definition) is 10. The van der Waals surface area contributed by atoms with Crippen LogP contribution in [0.5, 0.6) is 11.6 Å². The molecule has 49 heavy (non-hydrogen) atoms. The number of ether oxygens (including phenoxy) is 2. The largest absolute Gasteiger partial charge is 0.487 e. The monoisotopic (exact) mass is 670 g/mol. The van der Waals surface area contributed by atoms with Gasteiger partial charge >= 0.3 is 0 Å². The van der Waals surface area contributed by atoms with Crippen molar-refractivity contribution in [3.05, 3.63) is 76.1 Å². The number of halogens is 1. The minimum atomic E-state index is -0.424. The SMILES string of the molecule is CNc1ccc(N2CCCC(N(Cc3ccnc(OC)c3)Cc3cn4c5c(c(N(C)C6CCCNC6)c(F)cc5c3=O)OCC4C)C2)cn1. The molecule has 0 spiro atoms. The van der Waals surface area contributed by atoms with Crippen LogP contribution in [0.2, 0.25) is 0 Å². The fourth-order valence-electron chi connectivity index (χ4n) is 7.69. The van der Waals surface area contributed by atoms with Crippen LogP contribution in [0.25, 0.3) is 10.9 Å². The van der Waals surface area contributed by atoms with Crippen LogP contribution in [0.1, 0.15) is 49.8 Å². The number of likely N-dealkylation sites (N-methyl/N-ethyl adjacent to an activating group) is 1. The highest BCUT2D eigenvalue weighted by Gasteiger charge is 2.32. The van der Waals surface area contributed by atoms with Crippen molar-refractivity contribution in [3.63, 3.8) is 0 Å². The third-order valence-corrected chi connectivity index (χ3v) is 10.4. The van der Waals surface area contributed by atoms with Gasteiger partial charge < -0.3 is 34.5 Å². The van der Waals surface area contributed by atoms with Gasteiger partial charge in [0.15, 0.2) is 17.0 Å². The molecule has 12 heteroatoms. The number of nitrogens with one attached hydrogen (secondary N) is 2. The predicted octanol–water partition coefficient (Wildman–Crippen LogP) is 4.79. The number of anilines is 3. The maximum atomic E-state index is 16.2. The van der Waals surface area contributed by atoms with Crippen molar-refractivity contribution in [2.75, 3.05) is 69.1 Å². The van der Waals surface area contributed by atoms with Crippen LogP contribution in [-0.4, -0.2) is 85.5 Å². The maximum Gasteiger partial charge on any atom is 0.213 e. The van der Waals surface area contributed by atoms with E-state index in [9.17, 15) is 4.79 Å². The first-order chi connectivity index (χ1) is 23.8. The smallest absolute Gasteiger partial charge is 0.213 e. The van der Waals surface area contributed by atoms with Crippen LogP contribution in [0.15, 0.2) is 53.7 Å². The molecular formula is C37H47FN8O3. The van der Waals surface area contributed by atoms with Gasteiger partial charge in [0.1, 0.15) is 18.1 Å². The molecule has 0 aliphatic carbocycles. The summed E-state index contributed by atoms with van der Waals surface area (Å²) < 4.78 is 30.0. The van der Waals surface area contributed by atoms with Crippen molar-refractivity contribution < 1.29 is 13.9 Å². The Labute approximate surface area is 287 Å². The van der Waals surface area contributed by atoms with Crippen LogP contribution in [0.4, 0.5) is 21.6 Å². The van der Waals surface area contributed by atoms with Crippen molar-refractivity contribution in [1.29, 1.82) is 0 Å². The lowest BCUT2D eigenvalue weighted by atomic mass is 10.0. The Bertz CT molecular complexity index is 1840. The number of methoxy groups -OCH3 is 1. The highest BCUT2D eigenvalue weighted by atomic mass is 19.1. The van der Waals surface area contributed by atoms with Gasteiger partial charge in [-0.05, 0) is 69.0 Å². The lowest BCUT2D eigenvalue weighted by Crippen LogP contribution is -2.48. The lowest BCUT2D eigenvalue weighted by molar-refractivity contribution is 0.157. The number of nitrogens with zero attached hydrogens (tertiary/aromatic N) is 6. The standard InChI is InChI=1S/C37H47FN8O3/c1-24-23-49-37-34-30(16-31(38)35(37)43(3)27-7-5-12-40-17-27)36(47)26(21-46(24)34)20-45(19-25-11-13-41-33(15-25)48-4)29-8-6-14-44(22-29)28-9-10-32(39-2)42-18-28/h9-11,13,15-16,18,21,24,27,29,40H,5-8,12,14,17,19-20,22-23H2,1-4H3,(H,39,42). The summed E-state index contributed by atoms with van der Waals surface area (Å²) in [6.07, 6.45) is 9.66. The molecule has 3 unspecified atom stereocenters. The Hall–Kier alpha value is -4.42. The summed E-state index contributed by atoms with van der Waals surface area (Å²) in [5.74, 6) is 1.42. The number of piperidine rings is 2. The fraction of sp³-hybridized carbons (Fsp3) is 0.486. The summed E-state index contributed by atoms with van der Waals surface area (Å²) >= 11 is 0. The Morgan fingerprint density at radius 3 is 2.76 bits per heavy atom. The summed E-state index contributed by atoms with van der Waals surface area (Å²) in [4.78, 5) is 30.0. The Kier molecular flexibility index (Phi) is 9.59. The molecule has 2 fully saturated rings. The lowest BCUT2D eigenvalue weighted by Gasteiger charge is -2.40. The van der Waals surface area contributed by atoms with Crippen molar-refractivity contribution in [3.8, 4) is 11.6 Å². The van der Waals surface area contributed by atoms with E-state index in [2.05, 4.69) is 48.0 Å². The number of rotatable bonds is 10. The normalized spacial score (nSPS) is 20.7. The molecule has 0 saturated carbocycles. The molecule has 6 heterocycles. The molecule has 260 valence electrons. The van der Waals surface area contributed by atoms with Gasteiger partial charge in [0.25, 0.3) is 0 Å². The van der Waals surface area contributed by atoms with E-state index in [1.54, 1.807) is 13.3 Å². The fourth-order valence-corrected chi connectivity index (χ4v) is 7.69. The zero-order chi connectivity index (χ0) is 34.1. The van der Waals surface area contributed by atoms with E-state index in [0.717, 1.165) is 68.9 Å². The van der Waals surface area contributed by atoms with Crippen molar-refractivity contribution in [1.82, 2.24) is 24.8 Å². The molecule has 7 rings (SSSR count). The minimum absolute atomic E-state index is 0.0227. The van der Waals surface area contributed by atoms with E-state index in [0.29, 0.717) is 53.5 Å². The molecule has 0 amide bonds. The second kappa shape index (κ2) is 14.2. The summed E-state index contributed by atoms with van der Waals surface area (Å²) in [6.45, 7) is 6.98. The highest BCUT2D eigenvalue weighted by molar-refractivity contribution is 5.92. The third kappa shape index (κ3) is 6.63. The molecular weight excluding hydrogens is 623 g/mol. The first kappa shape index (κ1) is 33.1. The Morgan fingerprint density at radius 1 is 1.14 bits per heavy atom. The first-order valence-electron chi connectivity index (χ1n) is 17.4. The Balaban J connectivity index is 1.26. The molecule has 0 bridgehead atoms. The molecule has 3 atom stereocenters. The quantitative estimate of drug-likeness (QED) is 0.245. The van der Waals surface area contributed by atoms with Crippen LogP contribution in [0.3, 0.4) is 0 Å². The van der Waals surface area contributed by atoms with Gasteiger partial charge in [-0.25, -0.2) is 14.4 Å².